The summed E-state index contributed by atoms with van der Waals surface area (Å²) in [5.41, 5.74) is 0.670. The fourth-order valence-corrected chi connectivity index (χ4v) is 6.69. The van der Waals surface area contributed by atoms with E-state index in [-0.39, 0.29) is 40.5 Å². The lowest BCUT2D eigenvalue weighted by Gasteiger charge is -2.16. The van der Waals surface area contributed by atoms with Crippen LogP contribution >= 0.6 is 47.8 Å². The molecule has 1 fully saturated rings. The van der Waals surface area contributed by atoms with Crippen molar-refractivity contribution in [2.45, 2.75) is 83.3 Å². The number of hydrogen-bond donors (Lipinski definition) is 0. The van der Waals surface area contributed by atoms with Gasteiger partial charge in [0, 0.05) is 36.7 Å². The lowest BCUT2D eigenvalue weighted by molar-refractivity contribution is -0.142. The van der Waals surface area contributed by atoms with Gasteiger partial charge in [0.1, 0.15) is 9.31 Å². The van der Waals surface area contributed by atoms with Gasteiger partial charge in [0.2, 0.25) is 0 Å². The molecule has 1 aliphatic rings. The molecule has 63 heavy (non-hydrogen) atoms. The standard InChI is InChI=1S/C17H15Br2F3N2O2.C17H14BrF3N2O2.C6H15N.C4H8O/c1-3-26-16(25)14(19)13(18)12-4-5-23-15(24-12)10-6-9(2)7-11(8-10)17(20,21)22;1-3-25-16(24)14(18)9-13-4-5-22-15(23-13)11-6-10(2)7-12(8-11)17(19,20)21;1-4-7(5-2)6-3;1-2-4-5-3-1/h4-8,13-14H,3H2,1-2H3;4-9H,3H2,1-2H3;4-6H2,1-3H3;1-4H2/b;14-9+;;. The van der Waals surface area contributed by atoms with Crippen LogP contribution in [0.1, 0.15) is 85.9 Å². The number of nitrogens with zero attached hydrogens (tertiary/aromatic N) is 5. The fraction of sp³-hybridized carbons (Fsp3) is 0.455. The second-order valence-corrected chi connectivity index (χ2v) is 16.3. The van der Waals surface area contributed by atoms with Crippen LogP contribution in [0.15, 0.2) is 65.4 Å². The van der Waals surface area contributed by atoms with Crippen LogP contribution in [0.5, 0.6) is 0 Å². The molecule has 4 aromatic rings. The minimum absolute atomic E-state index is 0.132. The first-order chi connectivity index (χ1) is 29.7. The van der Waals surface area contributed by atoms with E-state index < -0.39 is 45.1 Å². The minimum Gasteiger partial charge on any atom is -0.465 e. The van der Waals surface area contributed by atoms with Gasteiger partial charge in [0.05, 0.1) is 40.6 Å². The average molecular weight is 1080 g/mol. The first-order valence-electron chi connectivity index (χ1n) is 20.0. The molecule has 0 amide bonds. The molecule has 19 heteroatoms. The molecule has 0 saturated carbocycles. The van der Waals surface area contributed by atoms with E-state index in [1.807, 2.05) is 0 Å². The van der Waals surface area contributed by atoms with Crippen molar-refractivity contribution in [3.63, 3.8) is 0 Å². The lowest BCUT2D eigenvalue weighted by atomic mass is 10.1. The molecule has 0 spiro atoms. The number of hydrogen-bond acceptors (Lipinski definition) is 10. The van der Waals surface area contributed by atoms with E-state index >= 15 is 0 Å². The Morgan fingerprint density at radius 2 is 1.22 bits per heavy atom. The molecule has 2 aromatic heterocycles. The number of halogens is 9. The average Bonchev–Trinajstić information content (AvgIpc) is 3.84. The van der Waals surface area contributed by atoms with Gasteiger partial charge in [-0.25, -0.2) is 24.7 Å². The predicted molar refractivity (Wildman–Crippen MR) is 242 cm³/mol. The summed E-state index contributed by atoms with van der Waals surface area (Å²) in [6.07, 6.45) is -2.09. The van der Waals surface area contributed by atoms with Gasteiger partial charge in [0.25, 0.3) is 0 Å². The summed E-state index contributed by atoms with van der Waals surface area (Å²) in [6, 6.07) is 10.4. The molecule has 0 N–H and O–H groups in total. The number of esters is 2. The van der Waals surface area contributed by atoms with E-state index in [0.29, 0.717) is 22.5 Å². The van der Waals surface area contributed by atoms with Crippen molar-refractivity contribution in [3.8, 4) is 22.8 Å². The predicted octanol–water partition coefficient (Wildman–Crippen LogP) is 12.1. The summed E-state index contributed by atoms with van der Waals surface area (Å²) in [6.45, 7) is 19.1. The van der Waals surface area contributed by atoms with Gasteiger partial charge in [-0.05, 0) is 142 Å². The molecule has 2 unspecified atom stereocenters. The fourth-order valence-electron chi connectivity index (χ4n) is 5.47. The van der Waals surface area contributed by atoms with Gasteiger partial charge in [-0.15, -0.1) is 0 Å². The summed E-state index contributed by atoms with van der Waals surface area (Å²) < 4.78 is 92.9. The molecule has 0 bridgehead atoms. The van der Waals surface area contributed by atoms with Gasteiger partial charge in [0.15, 0.2) is 11.6 Å². The first-order valence-corrected chi connectivity index (χ1v) is 22.6. The molecule has 1 aliphatic heterocycles. The maximum absolute atomic E-state index is 13.0. The number of rotatable bonds is 12. The van der Waals surface area contributed by atoms with Crippen molar-refractivity contribution >= 4 is 65.8 Å². The highest BCUT2D eigenvalue weighted by molar-refractivity contribution is 9.12. The monoisotopic (exact) mass is 1080 g/mol. The Balaban J connectivity index is 0.000000343. The van der Waals surface area contributed by atoms with Crippen molar-refractivity contribution in [1.29, 1.82) is 0 Å². The summed E-state index contributed by atoms with van der Waals surface area (Å²) in [4.78, 5) is 41.2. The highest BCUT2D eigenvalue weighted by atomic mass is 79.9. The molecule has 0 aliphatic carbocycles. The van der Waals surface area contributed by atoms with Crippen LogP contribution in [0.4, 0.5) is 26.3 Å². The van der Waals surface area contributed by atoms with Crippen LogP contribution in [-0.2, 0) is 36.2 Å². The molecular formula is C44H52Br3F6N5O5. The Morgan fingerprint density at radius 3 is 1.63 bits per heavy atom. The van der Waals surface area contributed by atoms with E-state index in [2.05, 4.69) is 93.4 Å². The number of carbonyl (C=O) groups is 2. The maximum atomic E-state index is 13.0. The van der Waals surface area contributed by atoms with Crippen LogP contribution in [-0.4, -0.2) is 87.7 Å². The quantitative estimate of drug-likeness (QED) is 0.0587. The Kier molecular flexibility index (Phi) is 24.2. The summed E-state index contributed by atoms with van der Waals surface area (Å²) in [5.74, 6) is -0.751. The molecule has 2 aromatic carbocycles. The van der Waals surface area contributed by atoms with E-state index in [1.54, 1.807) is 45.9 Å². The molecule has 3 heterocycles. The Hall–Kier alpha value is -3.78. The van der Waals surface area contributed by atoms with Crippen molar-refractivity contribution in [2.24, 2.45) is 0 Å². The van der Waals surface area contributed by atoms with E-state index in [1.165, 1.54) is 57.0 Å². The molecule has 346 valence electrons. The zero-order valence-corrected chi connectivity index (χ0v) is 40.8. The van der Waals surface area contributed by atoms with Crippen molar-refractivity contribution < 1.29 is 50.1 Å². The van der Waals surface area contributed by atoms with Crippen LogP contribution in [0.3, 0.4) is 0 Å². The van der Waals surface area contributed by atoms with Crippen molar-refractivity contribution in [2.75, 3.05) is 46.1 Å². The number of aryl methyl sites for hydroxylation is 2. The van der Waals surface area contributed by atoms with Crippen LogP contribution in [0.2, 0.25) is 0 Å². The number of alkyl halides is 8. The van der Waals surface area contributed by atoms with Gasteiger partial charge in [-0.2, -0.15) is 26.3 Å². The van der Waals surface area contributed by atoms with Crippen LogP contribution in [0, 0.1) is 13.8 Å². The largest absolute Gasteiger partial charge is 0.465 e. The van der Waals surface area contributed by atoms with Gasteiger partial charge in [-0.1, -0.05) is 52.6 Å². The number of ether oxygens (including phenoxy) is 3. The number of carbonyl (C=O) groups excluding carboxylic acids is 2. The second-order valence-electron chi connectivity index (χ2n) is 13.5. The zero-order chi connectivity index (χ0) is 47.3. The number of benzene rings is 2. The molecule has 2 atom stereocenters. The van der Waals surface area contributed by atoms with Crippen molar-refractivity contribution in [3.05, 3.63) is 99.0 Å². The summed E-state index contributed by atoms with van der Waals surface area (Å²) in [7, 11) is 0. The third-order valence-corrected chi connectivity index (χ3v) is 11.8. The summed E-state index contributed by atoms with van der Waals surface area (Å²) in [5, 5.41) is 0. The zero-order valence-electron chi connectivity index (χ0n) is 36.0. The molecular weight excluding hydrogens is 1030 g/mol. The van der Waals surface area contributed by atoms with Crippen molar-refractivity contribution in [1.82, 2.24) is 24.8 Å². The van der Waals surface area contributed by atoms with Crippen LogP contribution in [0.25, 0.3) is 28.9 Å². The normalized spacial score (nSPS) is 13.6. The molecule has 1 saturated heterocycles. The summed E-state index contributed by atoms with van der Waals surface area (Å²) >= 11 is 9.71. The highest BCUT2D eigenvalue weighted by Gasteiger charge is 2.33. The maximum Gasteiger partial charge on any atom is 0.416 e. The Morgan fingerprint density at radius 1 is 0.746 bits per heavy atom. The molecule has 10 nitrogen and oxygen atoms in total. The Labute approximate surface area is 390 Å². The van der Waals surface area contributed by atoms with Gasteiger partial charge >= 0.3 is 24.3 Å². The van der Waals surface area contributed by atoms with Crippen LogP contribution < -0.4 is 0 Å². The minimum atomic E-state index is -4.46. The Bertz CT molecular complexity index is 2070. The molecule has 0 radical (unpaired) electrons. The topological polar surface area (TPSA) is 117 Å². The second kappa shape index (κ2) is 27.5. The van der Waals surface area contributed by atoms with E-state index in [4.69, 9.17) is 14.2 Å². The van der Waals surface area contributed by atoms with Gasteiger partial charge < -0.3 is 19.1 Å². The number of aromatic nitrogens is 4. The van der Waals surface area contributed by atoms with E-state index in [9.17, 15) is 35.9 Å². The SMILES string of the molecule is C1CCOC1.CCN(CC)CC.CCOC(=O)/C(Br)=C\c1ccnc(-c2cc(C)cc(C(F)(F)F)c2)n1.CCOC(=O)C(Br)C(Br)c1ccnc(-c2cc(C)cc(C(F)(F)F)c2)n1. The smallest absolute Gasteiger partial charge is 0.416 e. The van der Waals surface area contributed by atoms with E-state index in [0.717, 1.165) is 37.5 Å². The third kappa shape index (κ3) is 19.5. The lowest BCUT2D eigenvalue weighted by Crippen LogP contribution is -2.22. The molecule has 5 rings (SSSR count). The third-order valence-electron chi connectivity index (χ3n) is 8.65. The van der Waals surface area contributed by atoms with Gasteiger partial charge in [-0.3, -0.25) is 4.79 Å². The highest BCUT2D eigenvalue weighted by Crippen LogP contribution is 2.35. The first kappa shape index (κ1) is 55.4.